The van der Waals surface area contributed by atoms with Gasteiger partial charge in [-0.2, -0.15) is 0 Å². The highest BCUT2D eigenvalue weighted by Gasteiger charge is 2.28. The van der Waals surface area contributed by atoms with Crippen molar-refractivity contribution < 1.29 is 4.79 Å². The van der Waals surface area contributed by atoms with Crippen LogP contribution in [-0.4, -0.2) is 22.4 Å². The van der Waals surface area contributed by atoms with Crippen molar-refractivity contribution in [2.24, 2.45) is 0 Å². The average Bonchev–Trinajstić information content (AvgIpc) is 3.26. The predicted molar refractivity (Wildman–Crippen MR) is 124 cm³/mol. The number of fused-ring (bicyclic) bond motifs is 3. The fourth-order valence-electron chi connectivity index (χ4n) is 4.54. The minimum Gasteiger partial charge on any atom is -0.308 e. The summed E-state index contributed by atoms with van der Waals surface area (Å²) in [6.07, 6.45) is 4.46. The molecule has 0 saturated heterocycles. The van der Waals surface area contributed by atoms with E-state index >= 15 is 0 Å². The van der Waals surface area contributed by atoms with E-state index in [4.69, 9.17) is 4.98 Å². The van der Waals surface area contributed by atoms with Gasteiger partial charge in [-0.05, 0) is 59.5 Å². The Morgan fingerprint density at radius 3 is 2.16 bits per heavy atom. The van der Waals surface area contributed by atoms with Gasteiger partial charge in [0.2, 0.25) is 0 Å². The maximum Gasteiger partial charge on any atom is 0.259 e. The van der Waals surface area contributed by atoms with E-state index in [1.165, 1.54) is 5.56 Å². The molecule has 5 aromatic rings. The van der Waals surface area contributed by atoms with Crippen LogP contribution >= 0.6 is 0 Å². The van der Waals surface area contributed by atoms with Crippen LogP contribution < -0.4 is 4.90 Å². The monoisotopic (exact) mass is 401 g/mol. The molecule has 3 aromatic carbocycles. The van der Waals surface area contributed by atoms with E-state index in [1.54, 1.807) is 12.4 Å². The minimum absolute atomic E-state index is 0.0326. The lowest BCUT2D eigenvalue weighted by Crippen LogP contribution is -2.29. The van der Waals surface area contributed by atoms with E-state index in [0.717, 1.165) is 50.6 Å². The quantitative estimate of drug-likeness (QED) is 0.359. The molecule has 0 spiro atoms. The van der Waals surface area contributed by atoms with Gasteiger partial charge >= 0.3 is 0 Å². The molecule has 0 N–H and O–H groups in total. The standard InChI is InChI=1S/C27H19N3O/c31-27(26-21-5-1-3-7-23(21)29-24-8-4-2-6-22(24)26)30-16-13-20-17-19(9-10-25(20)30)18-11-14-28-15-12-18/h1-12,14-15,17H,13,16H2. The van der Waals surface area contributed by atoms with E-state index in [2.05, 4.69) is 23.2 Å². The van der Waals surface area contributed by atoms with Crippen molar-refractivity contribution in [2.75, 3.05) is 11.4 Å². The summed E-state index contributed by atoms with van der Waals surface area (Å²) >= 11 is 0. The number of hydrogen-bond acceptors (Lipinski definition) is 3. The van der Waals surface area contributed by atoms with Crippen molar-refractivity contribution in [3.63, 3.8) is 0 Å². The third-order valence-electron chi connectivity index (χ3n) is 6.04. The molecule has 1 aliphatic heterocycles. The second kappa shape index (κ2) is 7.03. The van der Waals surface area contributed by atoms with E-state index in [9.17, 15) is 4.79 Å². The summed E-state index contributed by atoms with van der Waals surface area (Å²) in [7, 11) is 0. The molecular weight excluding hydrogens is 382 g/mol. The van der Waals surface area contributed by atoms with Gasteiger partial charge in [0, 0.05) is 35.4 Å². The van der Waals surface area contributed by atoms with Crippen molar-refractivity contribution in [1.29, 1.82) is 0 Å². The Balaban J connectivity index is 1.48. The van der Waals surface area contributed by atoms with E-state index in [1.807, 2.05) is 65.6 Å². The number of benzene rings is 3. The van der Waals surface area contributed by atoms with Gasteiger partial charge in [-0.1, -0.05) is 42.5 Å². The largest absolute Gasteiger partial charge is 0.308 e. The smallest absolute Gasteiger partial charge is 0.259 e. The Bertz CT molecular complexity index is 1410. The zero-order valence-electron chi connectivity index (χ0n) is 16.8. The molecule has 0 bridgehead atoms. The SMILES string of the molecule is O=C(c1c2ccccc2nc2ccccc12)N1CCc2cc(-c3ccncc3)ccc21. The number of nitrogens with zero attached hydrogens (tertiary/aromatic N) is 3. The van der Waals surface area contributed by atoms with Gasteiger partial charge in [-0.15, -0.1) is 0 Å². The summed E-state index contributed by atoms with van der Waals surface area (Å²) in [5, 5.41) is 1.79. The first-order valence-electron chi connectivity index (χ1n) is 10.4. The predicted octanol–water partition coefficient (Wildman–Crippen LogP) is 5.65. The van der Waals surface area contributed by atoms with Gasteiger partial charge in [0.15, 0.2) is 0 Å². The van der Waals surface area contributed by atoms with Crippen LogP contribution in [-0.2, 0) is 6.42 Å². The van der Waals surface area contributed by atoms with Crippen LogP contribution in [0.25, 0.3) is 32.9 Å². The molecule has 6 rings (SSSR count). The van der Waals surface area contributed by atoms with E-state index in [-0.39, 0.29) is 5.91 Å². The lowest BCUT2D eigenvalue weighted by atomic mass is 10.0. The number of rotatable bonds is 2. The fraction of sp³-hybridized carbons (Fsp3) is 0.0741. The van der Waals surface area contributed by atoms with Gasteiger partial charge < -0.3 is 4.90 Å². The second-order valence-electron chi connectivity index (χ2n) is 7.81. The Labute approximate surface area is 179 Å². The highest BCUT2D eigenvalue weighted by Crippen LogP contribution is 2.35. The molecule has 1 amide bonds. The molecule has 2 aromatic heterocycles. The van der Waals surface area contributed by atoms with Crippen molar-refractivity contribution in [3.8, 4) is 11.1 Å². The summed E-state index contributed by atoms with van der Waals surface area (Å²) in [6, 6.07) is 26.2. The lowest BCUT2D eigenvalue weighted by molar-refractivity contribution is 0.0992. The molecular formula is C27H19N3O. The second-order valence-corrected chi connectivity index (χ2v) is 7.81. The molecule has 4 heteroatoms. The molecule has 0 saturated carbocycles. The first-order chi connectivity index (χ1) is 15.3. The number of anilines is 1. The lowest BCUT2D eigenvalue weighted by Gasteiger charge is -2.20. The van der Waals surface area contributed by atoms with Crippen molar-refractivity contribution in [1.82, 2.24) is 9.97 Å². The number of amides is 1. The van der Waals surface area contributed by atoms with Crippen molar-refractivity contribution >= 4 is 33.4 Å². The maximum atomic E-state index is 13.9. The number of hydrogen-bond donors (Lipinski definition) is 0. The number of pyridine rings is 2. The molecule has 0 unspecified atom stereocenters. The topological polar surface area (TPSA) is 46.1 Å². The van der Waals surface area contributed by atoms with Gasteiger partial charge in [0.1, 0.15) is 0 Å². The highest BCUT2D eigenvalue weighted by atomic mass is 16.2. The zero-order chi connectivity index (χ0) is 20.8. The Hall–Kier alpha value is -4.05. The Kier molecular flexibility index (Phi) is 4.03. The molecule has 0 fully saturated rings. The normalized spacial score (nSPS) is 13.0. The maximum absolute atomic E-state index is 13.9. The van der Waals surface area contributed by atoms with Crippen LogP contribution in [0, 0.1) is 0 Å². The molecule has 0 radical (unpaired) electrons. The summed E-state index contributed by atoms with van der Waals surface area (Å²) < 4.78 is 0. The zero-order valence-corrected chi connectivity index (χ0v) is 16.8. The summed E-state index contributed by atoms with van der Waals surface area (Å²) in [5.41, 5.74) is 6.89. The van der Waals surface area contributed by atoms with Crippen LogP contribution in [0.1, 0.15) is 15.9 Å². The average molecular weight is 401 g/mol. The molecule has 0 aliphatic carbocycles. The van der Waals surface area contributed by atoms with Crippen LogP contribution in [0.3, 0.4) is 0 Å². The Morgan fingerprint density at radius 2 is 1.45 bits per heavy atom. The molecule has 148 valence electrons. The van der Waals surface area contributed by atoms with Crippen molar-refractivity contribution in [2.45, 2.75) is 6.42 Å². The Morgan fingerprint density at radius 1 is 0.774 bits per heavy atom. The molecule has 0 atom stereocenters. The molecule has 1 aliphatic rings. The summed E-state index contributed by atoms with van der Waals surface area (Å²) in [5.74, 6) is 0.0326. The third-order valence-corrected chi connectivity index (χ3v) is 6.04. The van der Waals surface area contributed by atoms with Crippen LogP contribution in [0.5, 0.6) is 0 Å². The number of carbonyl (C=O) groups is 1. The first kappa shape index (κ1) is 17.8. The number of aromatic nitrogens is 2. The van der Waals surface area contributed by atoms with Gasteiger partial charge in [0.25, 0.3) is 5.91 Å². The third kappa shape index (κ3) is 2.88. The van der Waals surface area contributed by atoms with Crippen LogP contribution in [0.2, 0.25) is 0 Å². The van der Waals surface area contributed by atoms with Gasteiger partial charge in [-0.25, -0.2) is 4.98 Å². The van der Waals surface area contributed by atoms with Gasteiger partial charge in [0.05, 0.1) is 16.6 Å². The van der Waals surface area contributed by atoms with Crippen molar-refractivity contribution in [3.05, 3.63) is 102 Å². The minimum atomic E-state index is 0.0326. The molecule has 3 heterocycles. The van der Waals surface area contributed by atoms with Crippen LogP contribution in [0.4, 0.5) is 5.69 Å². The fourth-order valence-corrected chi connectivity index (χ4v) is 4.54. The van der Waals surface area contributed by atoms with Gasteiger partial charge in [-0.3, -0.25) is 9.78 Å². The van der Waals surface area contributed by atoms with E-state index in [0.29, 0.717) is 6.54 Å². The molecule has 4 nitrogen and oxygen atoms in total. The molecule has 31 heavy (non-hydrogen) atoms. The summed E-state index contributed by atoms with van der Waals surface area (Å²) in [4.78, 5) is 24.7. The highest BCUT2D eigenvalue weighted by molar-refractivity contribution is 6.21. The number of carbonyl (C=O) groups excluding carboxylic acids is 1. The summed E-state index contributed by atoms with van der Waals surface area (Å²) in [6.45, 7) is 0.680. The van der Waals surface area contributed by atoms with Crippen LogP contribution in [0.15, 0.2) is 91.3 Å². The number of para-hydroxylation sites is 2. The van der Waals surface area contributed by atoms with E-state index < -0.39 is 0 Å². The first-order valence-corrected chi connectivity index (χ1v) is 10.4.